The van der Waals surface area contributed by atoms with Crippen molar-refractivity contribution in [1.29, 1.82) is 0 Å². The summed E-state index contributed by atoms with van der Waals surface area (Å²) in [4.78, 5) is 14.7. The van der Waals surface area contributed by atoms with Gasteiger partial charge in [0, 0.05) is 41.1 Å². The zero-order chi connectivity index (χ0) is 18.6. The van der Waals surface area contributed by atoms with Crippen LogP contribution in [0, 0.1) is 0 Å². The molecule has 1 N–H and O–H groups in total. The number of morpholine rings is 1. The minimum atomic E-state index is -0.321. The maximum Gasteiger partial charge on any atom is 0.277 e. The molecular weight excluding hydrogens is 366 g/mol. The summed E-state index contributed by atoms with van der Waals surface area (Å²) in [7, 11) is 0. The molecule has 0 saturated carbocycles. The average Bonchev–Trinajstić information content (AvgIpc) is 3.20. The highest BCUT2D eigenvalue weighted by Crippen LogP contribution is 2.24. The molecule has 2 aromatic carbocycles. The van der Waals surface area contributed by atoms with E-state index in [2.05, 4.69) is 15.4 Å². The largest absolute Gasteiger partial charge is 0.378 e. The number of anilines is 2. The second kappa shape index (κ2) is 7.82. The number of nitrogens with one attached hydrogen (secondary N) is 1. The van der Waals surface area contributed by atoms with Crippen LogP contribution in [0.2, 0.25) is 5.02 Å². The number of halogens is 1. The van der Waals surface area contributed by atoms with Crippen molar-refractivity contribution in [2.45, 2.75) is 0 Å². The van der Waals surface area contributed by atoms with Crippen LogP contribution < -0.4 is 10.2 Å². The van der Waals surface area contributed by atoms with Gasteiger partial charge in [0.05, 0.1) is 13.2 Å². The highest BCUT2D eigenvalue weighted by Gasteiger charge is 2.15. The first-order valence-corrected chi connectivity index (χ1v) is 9.03. The number of benzene rings is 2. The van der Waals surface area contributed by atoms with Crippen molar-refractivity contribution in [2.24, 2.45) is 0 Å². The summed E-state index contributed by atoms with van der Waals surface area (Å²) in [6, 6.07) is 16.5. The van der Waals surface area contributed by atoms with Crippen molar-refractivity contribution in [3.63, 3.8) is 0 Å². The molecule has 2 heterocycles. The van der Waals surface area contributed by atoms with Crippen LogP contribution in [0.3, 0.4) is 0 Å². The van der Waals surface area contributed by atoms with Crippen molar-refractivity contribution in [3.8, 4) is 11.3 Å². The highest BCUT2D eigenvalue weighted by molar-refractivity contribution is 6.30. The van der Waals surface area contributed by atoms with Crippen molar-refractivity contribution in [3.05, 3.63) is 65.3 Å². The zero-order valence-corrected chi connectivity index (χ0v) is 15.3. The molecule has 1 aliphatic rings. The Bertz CT molecular complexity index is 934. The van der Waals surface area contributed by atoms with E-state index in [1.54, 1.807) is 18.2 Å². The van der Waals surface area contributed by atoms with E-state index in [1.165, 1.54) is 0 Å². The fourth-order valence-electron chi connectivity index (χ4n) is 2.93. The van der Waals surface area contributed by atoms with E-state index >= 15 is 0 Å². The Hall–Kier alpha value is -2.83. The van der Waals surface area contributed by atoms with Gasteiger partial charge in [-0.15, -0.1) is 0 Å². The maximum atomic E-state index is 12.5. The van der Waals surface area contributed by atoms with Crippen LogP contribution >= 0.6 is 11.6 Å². The number of aromatic nitrogens is 1. The molecule has 4 rings (SSSR count). The number of ether oxygens (including phenoxy) is 1. The van der Waals surface area contributed by atoms with Gasteiger partial charge >= 0.3 is 0 Å². The Balaban J connectivity index is 1.47. The molecule has 7 heteroatoms. The number of rotatable bonds is 4. The van der Waals surface area contributed by atoms with E-state index in [-0.39, 0.29) is 11.6 Å². The lowest BCUT2D eigenvalue weighted by molar-refractivity contribution is 0.101. The molecule has 3 aromatic rings. The molecule has 0 spiro atoms. The molecule has 1 fully saturated rings. The zero-order valence-electron chi connectivity index (χ0n) is 14.5. The summed E-state index contributed by atoms with van der Waals surface area (Å²) < 4.78 is 10.7. The van der Waals surface area contributed by atoms with Gasteiger partial charge in [-0.25, -0.2) is 0 Å². The second-order valence-corrected chi connectivity index (χ2v) is 6.62. The van der Waals surface area contributed by atoms with Crippen molar-refractivity contribution < 1.29 is 14.1 Å². The highest BCUT2D eigenvalue weighted by atomic mass is 35.5. The lowest BCUT2D eigenvalue weighted by Gasteiger charge is -2.29. The van der Waals surface area contributed by atoms with Gasteiger partial charge in [-0.05, 0) is 42.5 Å². The molecule has 1 saturated heterocycles. The molecule has 0 bridgehead atoms. The summed E-state index contributed by atoms with van der Waals surface area (Å²) in [6.07, 6.45) is 0. The SMILES string of the molecule is O=C(Nc1cccc(N2CCOCC2)c1)c1cc(-c2ccc(Cl)cc2)on1. The van der Waals surface area contributed by atoms with E-state index in [0.29, 0.717) is 29.7 Å². The van der Waals surface area contributed by atoms with Gasteiger partial charge in [0.15, 0.2) is 11.5 Å². The van der Waals surface area contributed by atoms with Crippen LogP contribution in [0.5, 0.6) is 0 Å². The van der Waals surface area contributed by atoms with Crippen LogP contribution in [0.4, 0.5) is 11.4 Å². The Kier molecular flexibility index (Phi) is 5.09. The molecule has 6 nitrogen and oxygen atoms in total. The molecule has 1 aliphatic heterocycles. The van der Waals surface area contributed by atoms with E-state index in [9.17, 15) is 4.79 Å². The van der Waals surface area contributed by atoms with Crippen LogP contribution in [0.1, 0.15) is 10.5 Å². The normalized spacial score (nSPS) is 14.2. The smallest absolute Gasteiger partial charge is 0.277 e. The minimum Gasteiger partial charge on any atom is -0.378 e. The monoisotopic (exact) mass is 383 g/mol. The fraction of sp³-hybridized carbons (Fsp3) is 0.200. The lowest BCUT2D eigenvalue weighted by atomic mass is 10.1. The summed E-state index contributed by atoms with van der Waals surface area (Å²) in [6.45, 7) is 3.10. The molecule has 1 amide bonds. The van der Waals surface area contributed by atoms with Gasteiger partial charge in [0.1, 0.15) is 0 Å². The van der Waals surface area contributed by atoms with Gasteiger partial charge in [0.2, 0.25) is 0 Å². The molecule has 138 valence electrons. The van der Waals surface area contributed by atoms with E-state index < -0.39 is 0 Å². The van der Waals surface area contributed by atoms with E-state index in [1.807, 2.05) is 36.4 Å². The molecular formula is C20H18ClN3O3. The van der Waals surface area contributed by atoms with Gasteiger partial charge in [-0.2, -0.15) is 0 Å². The standard InChI is InChI=1S/C20H18ClN3O3/c21-15-6-4-14(5-7-15)19-13-18(23-27-19)20(25)22-16-2-1-3-17(12-16)24-8-10-26-11-9-24/h1-7,12-13H,8-11H2,(H,22,25). The summed E-state index contributed by atoms with van der Waals surface area (Å²) in [5.74, 6) is 0.192. The first-order chi connectivity index (χ1) is 13.2. The van der Waals surface area contributed by atoms with Gasteiger partial charge < -0.3 is 19.5 Å². The Morgan fingerprint density at radius 1 is 1.07 bits per heavy atom. The van der Waals surface area contributed by atoms with E-state index in [0.717, 1.165) is 24.3 Å². The third-order valence-electron chi connectivity index (χ3n) is 4.35. The molecule has 0 radical (unpaired) electrons. The van der Waals surface area contributed by atoms with Gasteiger partial charge in [-0.3, -0.25) is 4.79 Å². The number of carbonyl (C=O) groups excluding carboxylic acids is 1. The Labute approximate surface area is 161 Å². The van der Waals surface area contributed by atoms with Crippen molar-refractivity contribution in [1.82, 2.24) is 5.16 Å². The van der Waals surface area contributed by atoms with Gasteiger partial charge in [0.25, 0.3) is 5.91 Å². The molecule has 0 unspecified atom stereocenters. The van der Waals surface area contributed by atoms with E-state index in [4.69, 9.17) is 20.9 Å². The Morgan fingerprint density at radius 2 is 1.85 bits per heavy atom. The second-order valence-electron chi connectivity index (χ2n) is 6.19. The van der Waals surface area contributed by atoms with Gasteiger partial charge in [-0.1, -0.05) is 22.8 Å². The fourth-order valence-corrected chi connectivity index (χ4v) is 3.06. The Morgan fingerprint density at radius 3 is 2.63 bits per heavy atom. The van der Waals surface area contributed by atoms with Crippen LogP contribution in [0.25, 0.3) is 11.3 Å². The number of hydrogen-bond donors (Lipinski definition) is 1. The molecule has 0 aliphatic carbocycles. The minimum absolute atomic E-state index is 0.219. The molecule has 27 heavy (non-hydrogen) atoms. The third-order valence-corrected chi connectivity index (χ3v) is 4.60. The molecule has 0 atom stereocenters. The van der Waals surface area contributed by atoms with Crippen molar-refractivity contribution in [2.75, 3.05) is 36.5 Å². The number of hydrogen-bond acceptors (Lipinski definition) is 5. The van der Waals surface area contributed by atoms with Crippen LogP contribution in [-0.4, -0.2) is 37.4 Å². The van der Waals surface area contributed by atoms with Crippen LogP contribution in [-0.2, 0) is 4.74 Å². The predicted octanol–water partition coefficient (Wildman–Crippen LogP) is 4.08. The average molecular weight is 384 g/mol. The summed E-state index contributed by atoms with van der Waals surface area (Å²) in [5, 5.41) is 7.38. The first-order valence-electron chi connectivity index (χ1n) is 8.66. The first kappa shape index (κ1) is 17.6. The topological polar surface area (TPSA) is 67.6 Å². The third kappa shape index (κ3) is 4.13. The lowest BCUT2D eigenvalue weighted by Crippen LogP contribution is -2.36. The summed E-state index contributed by atoms with van der Waals surface area (Å²) in [5.41, 5.74) is 2.79. The maximum absolute atomic E-state index is 12.5. The number of carbonyl (C=O) groups is 1. The predicted molar refractivity (Wildman–Crippen MR) is 104 cm³/mol. The quantitative estimate of drug-likeness (QED) is 0.735. The number of nitrogens with zero attached hydrogens (tertiary/aromatic N) is 2. The number of amides is 1. The van der Waals surface area contributed by atoms with Crippen molar-refractivity contribution >= 4 is 28.9 Å². The van der Waals surface area contributed by atoms with Crippen LogP contribution in [0.15, 0.2) is 59.1 Å². The summed E-state index contributed by atoms with van der Waals surface area (Å²) >= 11 is 5.89. The molecule has 1 aromatic heterocycles.